The van der Waals surface area contributed by atoms with E-state index in [-0.39, 0.29) is 58.9 Å². The summed E-state index contributed by atoms with van der Waals surface area (Å²) in [5.41, 5.74) is 10.8. The van der Waals surface area contributed by atoms with Crippen LogP contribution in [-0.2, 0) is 21.7 Å². The minimum Gasteiger partial charge on any atom is -1.00 e. The molecule has 0 spiro atoms. The Morgan fingerprint density at radius 1 is 0.500 bits per heavy atom. The number of hydrogen-bond acceptors (Lipinski definition) is 0. The Morgan fingerprint density at radius 2 is 0.778 bits per heavy atom. The van der Waals surface area contributed by atoms with Crippen LogP contribution in [0.3, 0.4) is 0 Å². The maximum atomic E-state index is 3.70. The Bertz CT molecular complexity index is 1110. The fourth-order valence-corrected chi connectivity index (χ4v) is 11.7. The van der Waals surface area contributed by atoms with Gasteiger partial charge < -0.3 is 37.2 Å². The Hall–Kier alpha value is -1.06. The van der Waals surface area contributed by atoms with Crippen LogP contribution in [0.25, 0.3) is 0 Å². The Morgan fingerprint density at radius 3 is 1.00 bits per heavy atom. The van der Waals surface area contributed by atoms with Crippen molar-refractivity contribution in [2.75, 3.05) is 0 Å². The molecule has 36 heavy (non-hydrogen) atoms. The fraction of sp³-hybridized carbons (Fsp3) is 0.290. The van der Waals surface area contributed by atoms with Crippen molar-refractivity contribution in [3.8, 4) is 0 Å². The molecule has 188 valence electrons. The van der Waals surface area contributed by atoms with E-state index in [1.54, 1.807) is 5.20 Å². The molecule has 0 nitrogen and oxygen atoms in total. The van der Waals surface area contributed by atoms with Crippen LogP contribution in [-0.4, -0.2) is 8.07 Å². The number of halogens is 3. The molecule has 5 heteroatoms. The van der Waals surface area contributed by atoms with E-state index in [4.69, 9.17) is 0 Å². The summed E-state index contributed by atoms with van der Waals surface area (Å²) in [4.78, 5) is 0. The molecule has 3 aromatic rings. The summed E-state index contributed by atoms with van der Waals surface area (Å²) in [6.07, 6.45) is 4.72. The third-order valence-electron chi connectivity index (χ3n) is 6.71. The summed E-state index contributed by atoms with van der Waals surface area (Å²) in [5, 5.41) is 6.08. The van der Waals surface area contributed by atoms with Gasteiger partial charge in [-0.3, -0.25) is 0 Å². The molecule has 4 rings (SSSR count). The molecule has 0 N–H and O–H groups in total. The zero-order valence-corrected chi connectivity index (χ0v) is 27.4. The van der Waals surface area contributed by atoms with Gasteiger partial charge in [0, 0.05) is 0 Å². The molecular formula is C31H35Cl3SiTi. The molecule has 0 unspecified atom stereocenters. The number of aryl methyl sites for hydroxylation is 6. The van der Waals surface area contributed by atoms with Gasteiger partial charge >= 0.3 is 21.7 Å². The van der Waals surface area contributed by atoms with Crippen LogP contribution < -0.4 is 52.8 Å². The zero-order chi connectivity index (χ0) is 23.2. The van der Waals surface area contributed by atoms with Gasteiger partial charge in [-0.15, -0.1) is 0 Å². The molecule has 0 atom stereocenters. The molecular weight excluding hydrogens is 555 g/mol. The Labute approximate surface area is 253 Å². The van der Waals surface area contributed by atoms with Gasteiger partial charge in [-0.1, -0.05) is 124 Å². The van der Waals surface area contributed by atoms with E-state index in [0.29, 0.717) is 0 Å². The minimum absolute atomic E-state index is 0. The standard InChI is InChI=1S/C31H35Si.3ClH.Ti/c1-20-9-21(2)14-28(13-20)32(31-19-26(7)12-27(31)8,29-15-22(3)10-23(4)16-29)30-17-24(5)11-25(6)18-30;;;;/h9-11,13-18H,19H2,1-8H3;3*1H;/q-1;;;;+4/p-3. The van der Waals surface area contributed by atoms with Gasteiger partial charge in [-0.25, -0.2) is 16.8 Å². The topological polar surface area (TPSA) is 0 Å². The van der Waals surface area contributed by atoms with Crippen molar-refractivity contribution in [3.63, 3.8) is 0 Å². The minimum atomic E-state index is -2.49. The molecule has 0 amide bonds. The van der Waals surface area contributed by atoms with Crippen LogP contribution in [0, 0.1) is 47.6 Å². The molecule has 0 bridgehead atoms. The van der Waals surface area contributed by atoms with Gasteiger partial charge in [0.25, 0.3) is 0 Å². The van der Waals surface area contributed by atoms with Crippen molar-refractivity contribution >= 4 is 23.6 Å². The van der Waals surface area contributed by atoms with E-state index in [1.165, 1.54) is 60.1 Å². The Kier molecular flexibility index (Phi) is 13.3. The number of benzene rings is 3. The third-order valence-corrected chi connectivity index (χ3v) is 11.6. The van der Waals surface area contributed by atoms with Crippen LogP contribution in [0.5, 0.6) is 0 Å². The zero-order valence-electron chi connectivity index (χ0n) is 22.5. The Balaban J connectivity index is 0.00000306. The molecule has 3 aromatic carbocycles. The van der Waals surface area contributed by atoms with Crippen molar-refractivity contribution in [3.05, 3.63) is 110 Å². The van der Waals surface area contributed by atoms with Gasteiger partial charge in [0.1, 0.15) is 0 Å². The van der Waals surface area contributed by atoms with Crippen LogP contribution in [0.1, 0.15) is 53.6 Å². The fourth-order valence-electron chi connectivity index (χ4n) is 5.85. The molecule has 0 fully saturated rings. The van der Waals surface area contributed by atoms with E-state index in [0.717, 1.165) is 6.42 Å². The molecule has 0 heterocycles. The van der Waals surface area contributed by atoms with Gasteiger partial charge in [0.15, 0.2) is 0 Å². The molecule has 1 aliphatic rings. The predicted molar refractivity (Wildman–Crippen MR) is 142 cm³/mol. The summed E-state index contributed by atoms with van der Waals surface area (Å²) >= 11 is 0. The smallest absolute Gasteiger partial charge is 1.00 e. The van der Waals surface area contributed by atoms with Crippen molar-refractivity contribution < 1.29 is 58.9 Å². The number of rotatable bonds is 4. The molecule has 0 saturated carbocycles. The first-order valence-electron chi connectivity index (χ1n) is 11.7. The van der Waals surface area contributed by atoms with E-state index < -0.39 is 8.07 Å². The molecule has 0 aromatic heterocycles. The molecule has 0 radical (unpaired) electrons. The maximum Gasteiger partial charge on any atom is 4.00 e. The van der Waals surface area contributed by atoms with Crippen molar-refractivity contribution in [2.24, 2.45) is 0 Å². The summed E-state index contributed by atoms with van der Waals surface area (Å²) in [6, 6.07) is 21.7. The largest absolute Gasteiger partial charge is 4.00 e. The summed E-state index contributed by atoms with van der Waals surface area (Å²) < 4.78 is 0. The van der Waals surface area contributed by atoms with Crippen molar-refractivity contribution in [1.82, 2.24) is 0 Å². The second-order valence-electron chi connectivity index (χ2n) is 10.1. The van der Waals surface area contributed by atoms with E-state index >= 15 is 0 Å². The van der Waals surface area contributed by atoms with Crippen LogP contribution in [0.15, 0.2) is 70.9 Å². The van der Waals surface area contributed by atoms with Crippen LogP contribution in [0.4, 0.5) is 0 Å². The second kappa shape index (κ2) is 13.7. The third kappa shape index (κ3) is 6.68. The maximum absolute atomic E-state index is 3.70. The summed E-state index contributed by atoms with van der Waals surface area (Å²) in [7, 11) is -2.49. The SMILES string of the molecule is CC1=[C-]C(C)=C([Si](c2cc(C)cc(C)c2)(c2cc(C)cc(C)c2)c2cc(C)cc(C)c2)C1.[Cl-].[Cl-].[Cl-].[Ti+4]. The van der Waals surface area contributed by atoms with Gasteiger partial charge in [-0.2, -0.15) is 5.57 Å². The second-order valence-corrected chi connectivity index (χ2v) is 13.9. The molecule has 0 aliphatic heterocycles. The van der Waals surface area contributed by atoms with Crippen molar-refractivity contribution in [1.29, 1.82) is 0 Å². The van der Waals surface area contributed by atoms with E-state index in [2.05, 4.69) is 116 Å². The van der Waals surface area contributed by atoms with Crippen LogP contribution >= 0.6 is 0 Å². The first-order chi connectivity index (χ1) is 15.1. The quantitative estimate of drug-likeness (QED) is 0.173. The number of allylic oxidation sites excluding steroid dienone is 4. The summed E-state index contributed by atoms with van der Waals surface area (Å²) in [6.45, 7) is 18.0. The molecule has 1 aliphatic carbocycles. The monoisotopic (exact) mass is 588 g/mol. The normalized spacial score (nSPS) is 12.6. The van der Waals surface area contributed by atoms with Gasteiger partial charge in [0.2, 0.25) is 0 Å². The molecule has 0 saturated heterocycles. The first kappa shape index (κ1) is 34.9. The first-order valence-corrected chi connectivity index (χ1v) is 13.7. The van der Waals surface area contributed by atoms with Gasteiger partial charge in [0.05, 0.1) is 8.07 Å². The average Bonchev–Trinajstić information content (AvgIpc) is 2.98. The predicted octanol–water partition coefficient (Wildman–Crippen LogP) is -2.97. The van der Waals surface area contributed by atoms with E-state index in [1.807, 2.05) is 0 Å². The van der Waals surface area contributed by atoms with E-state index in [9.17, 15) is 0 Å². The van der Waals surface area contributed by atoms with Crippen LogP contribution in [0.2, 0.25) is 0 Å². The number of hydrogen-bond donors (Lipinski definition) is 0. The average molecular weight is 590 g/mol. The van der Waals surface area contributed by atoms with Crippen molar-refractivity contribution in [2.45, 2.75) is 61.8 Å². The van der Waals surface area contributed by atoms with Gasteiger partial charge in [-0.05, 0) is 41.5 Å². The summed E-state index contributed by atoms with van der Waals surface area (Å²) in [5.74, 6) is 0.